The summed E-state index contributed by atoms with van der Waals surface area (Å²) in [4.78, 5) is 12.6. The maximum Gasteiger partial charge on any atom is 0.292 e. The van der Waals surface area contributed by atoms with E-state index < -0.39 is 0 Å². The maximum absolute atomic E-state index is 11.3. The molecular weight excluding hydrogens is 214 g/mol. The molecule has 7 heteroatoms. The molecule has 0 atom stereocenters. The number of H-pyrrole nitrogens is 1. The molecule has 0 unspecified atom stereocenters. The topological polar surface area (TPSA) is 83.6 Å². The summed E-state index contributed by atoms with van der Waals surface area (Å²) in [6, 6.07) is 4.02. The second-order valence-corrected chi connectivity index (χ2v) is 3.85. The second-order valence-electron chi connectivity index (χ2n) is 2.82. The molecule has 0 aliphatic carbocycles. The van der Waals surface area contributed by atoms with Crippen molar-refractivity contribution < 1.29 is 4.79 Å². The lowest BCUT2D eigenvalue weighted by molar-refractivity contribution is 0.0944. The van der Waals surface area contributed by atoms with Crippen LogP contribution in [0.2, 0.25) is 0 Å². The van der Waals surface area contributed by atoms with Crippen molar-refractivity contribution in [2.75, 3.05) is 6.54 Å². The number of carbonyl (C=O) groups excluding carboxylic acids is 1. The van der Waals surface area contributed by atoms with Crippen LogP contribution < -0.4 is 5.32 Å². The van der Waals surface area contributed by atoms with Gasteiger partial charge in [-0.3, -0.25) is 4.79 Å². The van der Waals surface area contributed by atoms with E-state index in [0.29, 0.717) is 6.54 Å². The van der Waals surface area contributed by atoms with Crippen molar-refractivity contribution in [1.82, 2.24) is 25.9 Å². The number of aromatic amines is 1. The molecule has 1 amide bonds. The van der Waals surface area contributed by atoms with Gasteiger partial charge in [-0.1, -0.05) is 6.07 Å². The lowest BCUT2D eigenvalue weighted by atomic mass is 10.3. The van der Waals surface area contributed by atoms with Crippen LogP contribution in [-0.4, -0.2) is 33.1 Å². The standard InChI is InChI=1S/C8H9N5OS/c14-8(7-10-12-13-11-7)9-4-3-6-2-1-5-15-6/h1-2,5H,3-4H2,(H,9,14)(H,10,11,12,13). The summed E-state index contributed by atoms with van der Waals surface area (Å²) in [6.45, 7) is 0.577. The molecule has 0 aromatic carbocycles. The Morgan fingerprint density at radius 3 is 3.20 bits per heavy atom. The molecule has 2 heterocycles. The normalized spacial score (nSPS) is 10.1. The molecule has 78 valence electrons. The molecule has 0 bridgehead atoms. The maximum atomic E-state index is 11.3. The zero-order valence-corrected chi connectivity index (χ0v) is 8.62. The molecule has 15 heavy (non-hydrogen) atoms. The largest absolute Gasteiger partial charge is 0.349 e. The van der Waals surface area contributed by atoms with Crippen molar-refractivity contribution in [3.63, 3.8) is 0 Å². The van der Waals surface area contributed by atoms with Gasteiger partial charge < -0.3 is 5.32 Å². The van der Waals surface area contributed by atoms with Crippen LogP contribution in [0.5, 0.6) is 0 Å². The number of aromatic nitrogens is 4. The summed E-state index contributed by atoms with van der Waals surface area (Å²) in [5.41, 5.74) is 0. The first kappa shape index (κ1) is 9.78. The summed E-state index contributed by atoms with van der Waals surface area (Å²) in [5.74, 6) is -0.235. The Morgan fingerprint density at radius 1 is 1.60 bits per heavy atom. The van der Waals surface area contributed by atoms with Crippen molar-refractivity contribution in [2.24, 2.45) is 0 Å². The Kier molecular flexibility index (Phi) is 3.03. The Balaban J connectivity index is 1.77. The molecule has 0 saturated carbocycles. The van der Waals surface area contributed by atoms with Gasteiger partial charge in [-0.2, -0.15) is 5.21 Å². The van der Waals surface area contributed by atoms with Gasteiger partial charge in [0.25, 0.3) is 11.7 Å². The molecule has 0 aliphatic rings. The number of tetrazole rings is 1. The summed E-state index contributed by atoms with van der Waals surface area (Å²) < 4.78 is 0. The van der Waals surface area contributed by atoms with Crippen LogP contribution in [0.1, 0.15) is 15.5 Å². The summed E-state index contributed by atoms with van der Waals surface area (Å²) in [5, 5.41) is 17.4. The van der Waals surface area contributed by atoms with Crippen molar-refractivity contribution in [2.45, 2.75) is 6.42 Å². The number of thiophene rings is 1. The van der Waals surface area contributed by atoms with Gasteiger partial charge in [-0.15, -0.1) is 21.5 Å². The van der Waals surface area contributed by atoms with Crippen molar-refractivity contribution >= 4 is 17.2 Å². The third-order valence-electron chi connectivity index (χ3n) is 1.79. The number of hydrogen-bond donors (Lipinski definition) is 2. The number of nitrogens with zero attached hydrogens (tertiary/aromatic N) is 3. The van der Waals surface area contributed by atoms with Gasteiger partial charge >= 0.3 is 0 Å². The number of rotatable bonds is 4. The first-order valence-electron chi connectivity index (χ1n) is 4.40. The lowest BCUT2D eigenvalue weighted by Crippen LogP contribution is -2.26. The Labute approximate surface area is 89.7 Å². The van der Waals surface area contributed by atoms with Crippen LogP contribution >= 0.6 is 11.3 Å². The van der Waals surface area contributed by atoms with E-state index in [-0.39, 0.29) is 11.7 Å². The van der Waals surface area contributed by atoms with Crippen LogP contribution in [0.4, 0.5) is 0 Å². The lowest BCUT2D eigenvalue weighted by Gasteiger charge is -1.99. The first-order chi connectivity index (χ1) is 7.36. The van der Waals surface area contributed by atoms with E-state index in [0.717, 1.165) is 6.42 Å². The zero-order valence-electron chi connectivity index (χ0n) is 7.80. The molecular formula is C8H9N5OS. The molecule has 0 aliphatic heterocycles. The summed E-state index contributed by atoms with van der Waals surface area (Å²) in [7, 11) is 0. The molecule has 6 nitrogen and oxygen atoms in total. The minimum absolute atomic E-state index is 0.0705. The quantitative estimate of drug-likeness (QED) is 0.777. The molecule has 0 spiro atoms. The van der Waals surface area contributed by atoms with Gasteiger partial charge in [0.05, 0.1) is 0 Å². The highest BCUT2D eigenvalue weighted by atomic mass is 32.1. The predicted molar refractivity (Wildman–Crippen MR) is 54.5 cm³/mol. The molecule has 0 saturated heterocycles. The third kappa shape index (κ3) is 2.59. The SMILES string of the molecule is O=C(NCCc1cccs1)c1nn[nH]n1. The van der Waals surface area contributed by atoms with Gasteiger partial charge in [-0.05, 0) is 23.1 Å². The molecule has 0 radical (unpaired) electrons. The number of hydrogen-bond acceptors (Lipinski definition) is 5. The van der Waals surface area contributed by atoms with E-state index in [1.807, 2.05) is 17.5 Å². The zero-order chi connectivity index (χ0) is 10.5. The van der Waals surface area contributed by atoms with E-state index >= 15 is 0 Å². The molecule has 0 fully saturated rings. The van der Waals surface area contributed by atoms with Gasteiger partial charge in [-0.25, -0.2) is 0 Å². The van der Waals surface area contributed by atoms with E-state index in [2.05, 4.69) is 25.9 Å². The van der Waals surface area contributed by atoms with Gasteiger partial charge in [0, 0.05) is 11.4 Å². The molecule has 2 aromatic rings. The average Bonchev–Trinajstić information content (AvgIpc) is 2.90. The minimum Gasteiger partial charge on any atom is -0.349 e. The van der Waals surface area contributed by atoms with Crippen molar-refractivity contribution in [1.29, 1.82) is 0 Å². The van der Waals surface area contributed by atoms with Crippen LogP contribution in [0.25, 0.3) is 0 Å². The van der Waals surface area contributed by atoms with E-state index in [9.17, 15) is 4.79 Å². The van der Waals surface area contributed by atoms with Crippen LogP contribution in [-0.2, 0) is 6.42 Å². The fraction of sp³-hybridized carbons (Fsp3) is 0.250. The molecule has 2 N–H and O–H groups in total. The predicted octanol–water partition coefficient (Wildman–Crippen LogP) is 0.234. The first-order valence-corrected chi connectivity index (χ1v) is 5.28. The highest BCUT2D eigenvalue weighted by Gasteiger charge is 2.09. The van der Waals surface area contributed by atoms with Crippen LogP contribution in [0.15, 0.2) is 17.5 Å². The highest BCUT2D eigenvalue weighted by Crippen LogP contribution is 2.07. The van der Waals surface area contributed by atoms with E-state index in [1.165, 1.54) is 4.88 Å². The van der Waals surface area contributed by atoms with Crippen LogP contribution in [0.3, 0.4) is 0 Å². The Morgan fingerprint density at radius 2 is 2.53 bits per heavy atom. The number of amides is 1. The fourth-order valence-electron chi connectivity index (χ4n) is 1.09. The smallest absolute Gasteiger partial charge is 0.292 e. The number of carbonyl (C=O) groups is 1. The van der Waals surface area contributed by atoms with Crippen LogP contribution in [0, 0.1) is 0 Å². The summed E-state index contributed by atoms with van der Waals surface area (Å²) >= 11 is 1.67. The average molecular weight is 223 g/mol. The fourth-order valence-corrected chi connectivity index (χ4v) is 1.80. The van der Waals surface area contributed by atoms with E-state index in [1.54, 1.807) is 11.3 Å². The Hall–Kier alpha value is -1.76. The molecule has 2 aromatic heterocycles. The highest BCUT2D eigenvalue weighted by molar-refractivity contribution is 7.09. The monoisotopic (exact) mass is 223 g/mol. The Bertz CT molecular complexity index is 410. The molecule has 2 rings (SSSR count). The third-order valence-corrected chi connectivity index (χ3v) is 2.72. The minimum atomic E-state index is -0.305. The van der Waals surface area contributed by atoms with Gasteiger partial charge in [0.1, 0.15) is 0 Å². The van der Waals surface area contributed by atoms with E-state index in [4.69, 9.17) is 0 Å². The summed E-state index contributed by atoms with van der Waals surface area (Å²) in [6.07, 6.45) is 0.821. The number of nitrogens with one attached hydrogen (secondary N) is 2. The van der Waals surface area contributed by atoms with Crippen molar-refractivity contribution in [3.05, 3.63) is 28.2 Å². The van der Waals surface area contributed by atoms with Gasteiger partial charge in [0.2, 0.25) is 0 Å². The van der Waals surface area contributed by atoms with Gasteiger partial charge in [0.15, 0.2) is 0 Å². The van der Waals surface area contributed by atoms with Crippen molar-refractivity contribution in [3.8, 4) is 0 Å². The second kappa shape index (κ2) is 4.65.